The van der Waals surface area contributed by atoms with Crippen LogP contribution in [0, 0.1) is 0 Å². The quantitative estimate of drug-likeness (QED) is 0.451. The molecule has 7 nitrogen and oxygen atoms in total. The maximum Gasteiger partial charge on any atom is 0.407 e. The maximum absolute atomic E-state index is 11.4. The summed E-state index contributed by atoms with van der Waals surface area (Å²) in [6.07, 6.45) is -1.35. The van der Waals surface area contributed by atoms with Crippen LogP contribution in [0.5, 0.6) is 0 Å². The van der Waals surface area contributed by atoms with Crippen molar-refractivity contribution >= 4 is 18.0 Å². The topological polar surface area (TPSA) is 90.9 Å². The van der Waals surface area contributed by atoms with Crippen molar-refractivity contribution in [2.75, 3.05) is 13.2 Å². The molecule has 116 valence electrons. The summed E-state index contributed by atoms with van der Waals surface area (Å²) in [6, 6.07) is 0. The molecule has 0 aromatic carbocycles. The molecule has 0 bridgehead atoms. The van der Waals surface area contributed by atoms with E-state index in [1.165, 1.54) is 6.92 Å². The molecule has 0 aliphatic heterocycles. The highest BCUT2D eigenvalue weighted by Gasteiger charge is 2.19. The lowest BCUT2D eigenvalue weighted by molar-refractivity contribution is -0.166. The number of amides is 1. The molecule has 0 rings (SSSR count). The third-order valence-electron chi connectivity index (χ3n) is 1.94. The molecular formula is C13H23NO6. The summed E-state index contributed by atoms with van der Waals surface area (Å²) in [4.78, 5) is 33.7. The lowest BCUT2D eigenvalue weighted by Gasteiger charge is -2.19. The smallest absolute Gasteiger partial charge is 0.407 e. The van der Waals surface area contributed by atoms with E-state index in [-0.39, 0.29) is 19.6 Å². The Morgan fingerprint density at radius 1 is 1.20 bits per heavy atom. The molecular weight excluding hydrogens is 266 g/mol. The van der Waals surface area contributed by atoms with Crippen molar-refractivity contribution in [1.82, 2.24) is 5.32 Å². The number of hydrogen-bond acceptors (Lipinski definition) is 6. The van der Waals surface area contributed by atoms with E-state index in [1.807, 2.05) is 0 Å². The average Bonchev–Trinajstić information content (AvgIpc) is 2.31. The van der Waals surface area contributed by atoms with Gasteiger partial charge in [0.05, 0.1) is 6.54 Å². The van der Waals surface area contributed by atoms with E-state index in [0.717, 1.165) is 0 Å². The number of carbonyl (C=O) groups is 3. The molecule has 0 aromatic rings. The molecule has 1 atom stereocenters. The van der Waals surface area contributed by atoms with Crippen molar-refractivity contribution in [3.8, 4) is 0 Å². The van der Waals surface area contributed by atoms with Crippen LogP contribution in [0.2, 0.25) is 0 Å². The van der Waals surface area contributed by atoms with Gasteiger partial charge in [-0.3, -0.25) is 4.79 Å². The number of alkyl carbamates (subject to hydrolysis) is 1. The second-order valence-corrected chi connectivity index (χ2v) is 5.08. The number of hydrogen-bond donors (Lipinski definition) is 1. The molecule has 0 unspecified atom stereocenters. The van der Waals surface area contributed by atoms with Gasteiger partial charge in [0.2, 0.25) is 0 Å². The largest absolute Gasteiger partial charge is 0.461 e. The highest BCUT2D eigenvalue weighted by Crippen LogP contribution is 2.06. The van der Waals surface area contributed by atoms with Crippen LogP contribution >= 0.6 is 0 Å². The van der Waals surface area contributed by atoms with Crippen LogP contribution in [0.25, 0.3) is 0 Å². The van der Waals surface area contributed by atoms with Crippen molar-refractivity contribution < 1.29 is 28.6 Å². The summed E-state index contributed by atoms with van der Waals surface area (Å²) in [6.45, 7) is 8.40. The zero-order chi connectivity index (χ0) is 15.8. The first kappa shape index (κ1) is 18.2. The molecule has 1 N–H and O–H groups in total. The van der Waals surface area contributed by atoms with Crippen molar-refractivity contribution in [1.29, 1.82) is 0 Å². The molecule has 0 aliphatic rings. The van der Waals surface area contributed by atoms with Crippen molar-refractivity contribution in [3.05, 3.63) is 0 Å². The number of esters is 2. The lowest BCUT2D eigenvalue weighted by atomic mass is 10.2. The van der Waals surface area contributed by atoms with Crippen LogP contribution in [0.4, 0.5) is 4.79 Å². The van der Waals surface area contributed by atoms with Gasteiger partial charge in [0, 0.05) is 6.42 Å². The minimum Gasteiger partial charge on any atom is -0.461 e. The van der Waals surface area contributed by atoms with Crippen LogP contribution in [0.3, 0.4) is 0 Å². The van der Waals surface area contributed by atoms with E-state index >= 15 is 0 Å². The summed E-state index contributed by atoms with van der Waals surface area (Å²) < 4.78 is 14.6. The second-order valence-electron chi connectivity index (χ2n) is 5.08. The summed E-state index contributed by atoms with van der Waals surface area (Å²) >= 11 is 0. The minimum atomic E-state index is -0.955. The minimum absolute atomic E-state index is 0.0217. The van der Waals surface area contributed by atoms with Gasteiger partial charge in [-0.25, -0.2) is 9.59 Å². The molecule has 0 spiro atoms. The SMILES string of the molecule is CCC(=O)O[C@@H](C)C(=O)OCCNC(=O)OC(C)(C)C. The standard InChI is InChI=1S/C13H23NO6/c1-6-10(15)19-9(2)11(16)18-8-7-14-12(17)20-13(3,4)5/h9H,6-8H2,1-5H3,(H,14,17)/t9-/m0/s1. The van der Waals surface area contributed by atoms with Crippen LogP contribution in [-0.4, -0.2) is 42.9 Å². The number of ether oxygens (including phenoxy) is 3. The monoisotopic (exact) mass is 289 g/mol. The molecule has 0 fully saturated rings. The predicted molar refractivity (Wildman–Crippen MR) is 71.0 cm³/mol. The number of carbonyl (C=O) groups excluding carboxylic acids is 3. The Hall–Kier alpha value is -1.79. The fourth-order valence-corrected chi connectivity index (χ4v) is 1.06. The van der Waals surface area contributed by atoms with Gasteiger partial charge in [-0.15, -0.1) is 0 Å². The Labute approximate surface area is 118 Å². The van der Waals surface area contributed by atoms with Crippen LogP contribution < -0.4 is 5.32 Å². The average molecular weight is 289 g/mol. The van der Waals surface area contributed by atoms with Crippen molar-refractivity contribution in [2.45, 2.75) is 52.7 Å². The van der Waals surface area contributed by atoms with Crippen molar-refractivity contribution in [2.24, 2.45) is 0 Å². The molecule has 0 aromatic heterocycles. The van der Waals surface area contributed by atoms with Gasteiger partial charge in [0.1, 0.15) is 12.2 Å². The van der Waals surface area contributed by atoms with Gasteiger partial charge in [-0.05, 0) is 27.7 Å². The Morgan fingerprint density at radius 2 is 1.80 bits per heavy atom. The van der Waals surface area contributed by atoms with Gasteiger partial charge in [0.15, 0.2) is 6.10 Å². The first-order chi connectivity index (χ1) is 9.15. The normalized spacial score (nSPS) is 12.2. The van der Waals surface area contributed by atoms with E-state index in [0.29, 0.717) is 0 Å². The maximum atomic E-state index is 11.4. The molecule has 0 saturated carbocycles. The fourth-order valence-electron chi connectivity index (χ4n) is 1.06. The third-order valence-corrected chi connectivity index (χ3v) is 1.94. The summed E-state index contributed by atoms with van der Waals surface area (Å²) in [5.74, 6) is -1.13. The first-order valence-corrected chi connectivity index (χ1v) is 6.48. The van der Waals surface area contributed by atoms with E-state index in [2.05, 4.69) is 5.32 Å². The summed E-state index contributed by atoms with van der Waals surface area (Å²) in [5.41, 5.74) is -0.580. The molecule has 0 heterocycles. The van der Waals surface area contributed by atoms with Gasteiger partial charge in [0.25, 0.3) is 0 Å². The van der Waals surface area contributed by atoms with E-state index in [9.17, 15) is 14.4 Å². The highest BCUT2D eigenvalue weighted by atomic mass is 16.6. The Balaban J connectivity index is 3.82. The molecule has 0 radical (unpaired) electrons. The van der Waals surface area contributed by atoms with Gasteiger partial charge in [-0.2, -0.15) is 0 Å². The van der Waals surface area contributed by atoms with E-state index in [1.54, 1.807) is 27.7 Å². The van der Waals surface area contributed by atoms with E-state index < -0.39 is 29.7 Å². The molecule has 7 heteroatoms. The zero-order valence-electron chi connectivity index (χ0n) is 12.6. The highest BCUT2D eigenvalue weighted by molar-refractivity contribution is 5.78. The van der Waals surface area contributed by atoms with Crippen LogP contribution in [0.1, 0.15) is 41.0 Å². The van der Waals surface area contributed by atoms with E-state index in [4.69, 9.17) is 14.2 Å². The van der Waals surface area contributed by atoms with Crippen LogP contribution in [-0.2, 0) is 23.8 Å². The molecule has 20 heavy (non-hydrogen) atoms. The Bertz CT molecular complexity index is 347. The second kappa shape index (κ2) is 8.39. The van der Waals surface area contributed by atoms with Gasteiger partial charge in [-0.1, -0.05) is 6.92 Å². The van der Waals surface area contributed by atoms with Gasteiger partial charge < -0.3 is 19.5 Å². The Morgan fingerprint density at radius 3 is 2.30 bits per heavy atom. The predicted octanol–water partition coefficient (Wildman–Crippen LogP) is 1.40. The molecule has 0 saturated heterocycles. The molecule has 1 amide bonds. The van der Waals surface area contributed by atoms with Gasteiger partial charge >= 0.3 is 18.0 Å². The summed E-state index contributed by atoms with van der Waals surface area (Å²) in [5, 5.41) is 2.44. The fraction of sp³-hybridized carbons (Fsp3) is 0.769. The third kappa shape index (κ3) is 9.18. The zero-order valence-corrected chi connectivity index (χ0v) is 12.6. The molecule has 0 aliphatic carbocycles. The lowest BCUT2D eigenvalue weighted by Crippen LogP contribution is -2.35. The number of rotatable bonds is 6. The Kier molecular flexibility index (Phi) is 7.64. The first-order valence-electron chi connectivity index (χ1n) is 6.48. The van der Waals surface area contributed by atoms with Crippen molar-refractivity contribution in [3.63, 3.8) is 0 Å². The number of nitrogens with one attached hydrogen (secondary N) is 1. The summed E-state index contributed by atoms with van der Waals surface area (Å²) in [7, 11) is 0. The van der Waals surface area contributed by atoms with Crippen LogP contribution in [0.15, 0.2) is 0 Å².